The number of amides is 3. The second-order valence-corrected chi connectivity index (χ2v) is 10.3. The molecular weight excluding hydrogens is 487 g/mol. The van der Waals surface area contributed by atoms with Crippen LogP contribution in [0.1, 0.15) is 42.6 Å². The monoisotopic (exact) mass is 512 g/mol. The van der Waals surface area contributed by atoms with Crippen LogP contribution in [0.3, 0.4) is 0 Å². The van der Waals surface area contributed by atoms with E-state index in [-0.39, 0.29) is 46.3 Å². The highest BCUT2D eigenvalue weighted by atomic mass is 35.5. The normalized spacial score (nSPS) is 21.6. The predicted molar refractivity (Wildman–Crippen MR) is 135 cm³/mol. The average Bonchev–Trinajstić information content (AvgIpc) is 3.34. The number of carbonyl (C=O) groups excluding carboxylic acids is 3. The molecule has 1 saturated heterocycles. The molecule has 3 atom stereocenters. The number of nitrogens with zero attached hydrogens (tertiary/aromatic N) is 3. The lowest BCUT2D eigenvalue weighted by atomic mass is 9.80. The molecule has 4 rings (SSSR count). The minimum Gasteiger partial charge on any atom is -0.330 e. The maximum Gasteiger partial charge on any atom is 0.302 e. The van der Waals surface area contributed by atoms with Crippen LogP contribution in [0.2, 0.25) is 10.0 Å². The van der Waals surface area contributed by atoms with E-state index in [0.29, 0.717) is 12.1 Å². The Morgan fingerprint density at radius 1 is 1.20 bits per heavy atom. The molecule has 182 valence electrons. The highest BCUT2D eigenvalue weighted by Gasteiger charge is 2.59. The molecular formula is C26H26Cl2N4O3. The molecule has 0 unspecified atom stereocenters. The van der Waals surface area contributed by atoms with Gasteiger partial charge in [0.2, 0.25) is 5.91 Å². The summed E-state index contributed by atoms with van der Waals surface area (Å²) >= 11 is 12.5. The smallest absolute Gasteiger partial charge is 0.302 e. The van der Waals surface area contributed by atoms with Gasteiger partial charge < -0.3 is 10.2 Å². The van der Waals surface area contributed by atoms with E-state index in [1.807, 2.05) is 38.1 Å². The number of para-hydroxylation sites is 1. The lowest BCUT2D eigenvalue weighted by Gasteiger charge is -2.32. The first kappa shape index (κ1) is 25.0. The number of nitrogens with one attached hydrogen (secondary N) is 1. The van der Waals surface area contributed by atoms with Gasteiger partial charge in [0.1, 0.15) is 11.5 Å². The van der Waals surface area contributed by atoms with Gasteiger partial charge in [0, 0.05) is 19.3 Å². The number of halogens is 2. The zero-order valence-corrected chi connectivity index (χ0v) is 21.2. The van der Waals surface area contributed by atoms with E-state index in [1.54, 1.807) is 25.2 Å². The molecule has 9 heteroatoms. The van der Waals surface area contributed by atoms with Crippen LogP contribution in [0.25, 0.3) is 4.85 Å². The lowest BCUT2D eigenvalue weighted by Crippen LogP contribution is -2.51. The number of carbonyl (C=O) groups is 3. The molecule has 35 heavy (non-hydrogen) atoms. The highest BCUT2D eigenvalue weighted by molar-refractivity contribution is 6.39. The molecule has 2 aromatic carbocycles. The standard InChI is InChI=1S/C26H26Cl2N4O3/c1-15(2)12-20(31(4)24(34)22-17(27)9-7-10-18(22)28)23(33)32-14-26(13-21(32)29-3)16-8-5-6-11-19(16)30-25(26)35/h5-11,15,20-21H,12-14H2,1-2,4H3,(H,30,35)/t20-,21-,26-/m0/s1. The molecule has 7 nitrogen and oxygen atoms in total. The van der Waals surface area contributed by atoms with Crippen LogP contribution >= 0.6 is 23.2 Å². The zero-order valence-electron chi connectivity index (χ0n) is 19.7. The van der Waals surface area contributed by atoms with Crippen LogP contribution in [0.4, 0.5) is 5.69 Å². The van der Waals surface area contributed by atoms with Crippen molar-refractivity contribution >= 4 is 46.6 Å². The summed E-state index contributed by atoms with van der Waals surface area (Å²) in [5.41, 5.74) is 0.638. The fraction of sp³-hybridized carbons (Fsp3) is 0.385. The quantitative estimate of drug-likeness (QED) is 0.582. The van der Waals surface area contributed by atoms with Crippen molar-refractivity contribution in [3.05, 3.63) is 75.1 Å². The number of anilines is 1. The van der Waals surface area contributed by atoms with Crippen molar-refractivity contribution in [2.45, 2.75) is 44.3 Å². The van der Waals surface area contributed by atoms with Crippen LogP contribution in [0, 0.1) is 12.5 Å². The Morgan fingerprint density at radius 3 is 2.49 bits per heavy atom. The van der Waals surface area contributed by atoms with Gasteiger partial charge in [0.15, 0.2) is 0 Å². The Kier molecular flexibility index (Phi) is 6.81. The Balaban J connectivity index is 1.68. The van der Waals surface area contributed by atoms with Crippen LogP contribution in [0.15, 0.2) is 42.5 Å². The van der Waals surface area contributed by atoms with Crippen molar-refractivity contribution in [1.82, 2.24) is 9.80 Å². The average molecular weight is 513 g/mol. The van der Waals surface area contributed by atoms with E-state index in [1.165, 1.54) is 9.80 Å². The van der Waals surface area contributed by atoms with Crippen LogP contribution in [-0.2, 0) is 15.0 Å². The topological polar surface area (TPSA) is 74.1 Å². The Labute approximate surface area is 214 Å². The predicted octanol–water partition coefficient (Wildman–Crippen LogP) is 4.85. The van der Waals surface area contributed by atoms with Gasteiger partial charge in [0.25, 0.3) is 11.8 Å². The lowest BCUT2D eigenvalue weighted by molar-refractivity contribution is -0.136. The number of fused-ring (bicyclic) bond motifs is 2. The molecule has 0 bridgehead atoms. The van der Waals surface area contributed by atoms with Crippen molar-refractivity contribution in [3.8, 4) is 0 Å². The molecule has 2 heterocycles. The maximum atomic E-state index is 13.9. The first-order valence-corrected chi connectivity index (χ1v) is 12.2. The van der Waals surface area contributed by atoms with Crippen molar-refractivity contribution in [2.24, 2.45) is 5.92 Å². The van der Waals surface area contributed by atoms with Gasteiger partial charge in [-0.3, -0.25) is 24.1 Å². The summed E-state index contributed by atoms with van der Waals surface area (Å²) in [6.07, 6.45) is -0.241. The summed E-state index contributed by atoms with van der Waals surface area (Å²) in [6, 6.07) is 11.3. The van der Waals surface area contributed by atoms with E-state index < -0.39 is 23.5 Å². The minimum atomic E-state index is -0.988. The van der Waals surface area contributed by atoms with Gasteiger partial charge in [-0.05, 0) is 36.1 Å². The molecule has 3 amide bonds. The number of hydrogen-bond donors (Lipinski definition) is 1. The largest absolute Gasteiger partial charge is 0.330 e. The Bertz CT molecular complexity index is 1220. The van der Waals surface area contributed by atoms with E-state index in [4.69, 9.17) is 29.8 Å². The molecule has 1 spiro atoms. The summed E-state index contributed by atoms with van der Waals surface area (Å²) in [6.45, 7) is 11.8. The highest BCUT2D eigenvalue weighted by Crippen LogP contribution is 2.47. The maximum absolute atomic E-state index is 13.9. The SMILES string of the molecule is [C-]#[N+][C@@H]1C[C@@]2(CN1C(=O)[C@H](CC(C)C)N(C)C(=O)c1c(Cl)cccc1Cl)C(=O)Nc1ccccc12. The van der Waals surface area contributed by atoms with E-state index >= 15 is 0 Å². The van der Waals surface area contributed by atoms with Gasteiger partial charge >= 0.3 is 6.17 Å². The van der Waals surface area contributed by atoms with Gasteiger partial charge in [-0.25, -0.2) is 6.57 Å². The zero-order chi connectivity index (χ0) is 25.5. The molecule has 1 N–H and O–H groups in total. The van der Waals surface area contributed by atoms with Crippen molar-refractivity contribution in [2.75, 3.05) is 18.9 Å². The number of likely N-dealkylation sites (tertiary alicyclic amines) is 1. The first-order valence-electron chi connectivity index (χ1n) is 11.4. The van der Waals surface area contributed by atoms with E-state index in [2.05, 4.69) is 10.2 Å². The second kappa shape index (κ2) is 9.52. The number of benzene rings is 2. The molecule has 2 aliphatic rings. The van der Waals surface area contributed by atoms with Gasteiger partial charge in [-0.2, -0.15) is 0 Å². The third-order valence-electron chi connectivity index (χ3n) is 6.83. The molecule has 2 aliphatic heterocycles. The molecule has 0 aromatic heterocycles. The number of hydrogen-bond acceptors (Lipinski definition) is 3. The third-order valence-corrected chi connectivity index (χ3v) is 7.46. The summed E-state index contributed by atoms with van der Waals surface area (Å²) in [5, 5.41) is 3.29. The summed E-state index contributed by atoms with van der Waals surface area (Å²) in [5.74, 6) is -0.973. The fourth-order valence-electron chi connectivity index (χ4n) is 5.04. The number of likely N-dealkylation sites (N-methyl/N-ethyl adjacent to an activating group) is 1. The third kappa shape index (κ3) is 4.26. The van der Waals surface area contributed by atoms with Gasteiger partial charge in [-0.15, -0.1) is 0 Å². The van der Waals surface area contributed by atoms with Crippen LogP contribution < -0.4 is 5.32 Å². The number of rotatable bonds is 5. The van der Waals surface area contributed by atoms with Crippen LogP contribution in [-0.4, -0.2) is 53.3 Å². The van der Waals surface area contributed by atoms with Gasteiger partial charge in [0.05, 0.1) is 22.0 Å². The molecule has 0 radical (unpaired) electrons. The molecule has 0 saturated carbocycles. The molecule has 1 fully saturated rings. The first-order chi connectivity index (χ1) is 16.6. The van der Waals surface area contributed by atoms with E-state index in [0.717, 1.165) is 5.56 Å². The van der Waals surface area contributed by atoms with Crippen molar-refractivity contribution in [1.29, 1.82) is 0 Å². The Hall–Kier alpha value is -3.08. The van der Waals surface area contributed by atoms with E-state index in [9.17, 15) is 14.4 Å². The molecule has 0 aliphatic carbocycles. The summed E-state index contributed by atoms with van der Waals surface area (Å²) < 4.78 is 0. The van der Waals surface area contributed by atoms with Crippen molar-refractivity contribution < 1.29 is 14.4 Å². The fourth-order valence-corrected chi connectivity index (χ4v) is 5.60. The minimum absolute atomic E-state index is 0.0746. The van der Waals surface area contributed by atoms with Crippen molar-refractivity contribution in [3.63, 3.8) is 0 Å². The summed E-state index contributed by atoms with van der Waals surface area (Å²) in [7, 11) is 1.54. The second-order valence-electron chi connectivity index (χ2n) is 9.52. The van der Waals surface area contributed by atoms with Crippen LogP contribution in [0.5, 0.6) is 0 Å². The molecule has 2 aromatic rings. The van der Waals surface area contributed by atoms with Gasteiger partial charge in [-0.1, -0.05) is 61.3 Å². The summed E-state index contributed by atoms with van der Waals surface area (Å²) in [4.78, 5) is 46.9. The Morgan fingerprint density at radius 2 is 1.86 bits per heavy atom.